The Bertz CT molecular complexity index is 124. The average molecular weight is 164 g/mol. The molecule has 4 atom stereocenters. The lowest BCUT2D eigenvalue weighted by Gasteiger charge is -2.21. The van der Waals surface area contributed by atoms with E-state index in [2.05, 4.69) is 0 Å². The second-order valence-corrected chi connectivity index (χ2v) is 2.35. The highest BCUT2D eigenvalue weighted by molar-refractivity contribution is 5.56. The van der Waals surface area contributed by atoms with Gasteiger partial charge in [0.2, 0.25) is 0 Å². The number of aliphatic hydroxyl groups is 4. The molecule has 0 amide bonds. The van der Waals surface area contributed by atoms with Gasteiger partial charge in [-0.1, -0.05) is 0 Å². The van der Waals surface area contributed by atoms with Gasteiger partial charge in [0, 0.05) is 0 Å². The van der Waals surface area contributed by atoms with Gasteiger partial charge in [-0.05, 0) is 6.92 Å². The van der Waals surface area contributed by atoms with Crippen LogP contribution in [0.3, 0.4) is 0 Å². The van der Waals surface area contributed by atoms with Crippen molar-refractivity contribution in [3.8, 4) is 0 Å². The zero-order valence-corrected chi connectivity index (χ0v) is 6.08. The number of aliphatic hydroxyl groups excluding tert-OH is 4. The predicted octanol–water partition coefficient (Wildman–Crippen LogP) is -2.35. The Labute approximate surface area is 63.9 Å². The molecule has 66 valence electrons. The lowest BCUT2D eigenvalue weighted by atomic mass is 10.1. The molecule has 11 heavy (non-hydrogen) atoms. The molecule has 0 saturated heterocycles. The first kappa shape index (κ1) is 10.5. The fourth-order valence-electron chi connectivity index (χ4n) is 0.568. The first-order valence-corrected chi connectivity index (χ1v) is 3.18. The summed E-state index contributed by atoms with van der Waals surface area (Å²) in [6.45, 7) is 1.24. The lowest BCUT2D eigenvalue weighted by molar-refractivity contribution is -0.132. The van der Waals surface area contributed by atoms with Crippen LogP contribution in [0.1, 0.15) is 6.92 Å². The summed E-state index contributed by atoms with van der Waals surface area (Å²) in [6.07, 6.45) is -5.88. The van der Waals surface area contributed by atoms with Crippen LogP contribution in [0.25, 0.3) is 0 Å². The standard InChI is InChI=1S/C6H12O5/c1-3(8)5(10)6(11)4(9)2-7/h2-6,8-11H,1H3/t3-,4-,5-,6+/m0/s1. The Morgan fingerprint density at radius 3 is 1.82 bits per heavy atom. The quantitative estimate of drug-likeness (QED) is 0.349. The Morgan fingerprint density at radius 2 is 1.55 bits per heavy atom. The van der Waals surface area contributed by atoms with Crippen molar-refractivity contribution in [1.29, 1.82) is 0 Å². The molecule has 0 spiro atoms. The molecular weight excluding hydrogens is 152 g/mol. The second kappa shape index (κ2) is 4.40. The van der Waals surface area contributed by atoms with Gasteiger partial charge in [0.05, 0.1) is 6.10 Å². The minimum atomic E-state index is -1.65. The van der Waals surface area contributed by atoms with Crippen molar-refractivity contribution in [1.82, 2.24) is 0 Å². The third-order valence-corrected chi connectivity index (χ3v) is 1.33. The van der Waals surface area contributed by atoms with Crippen LogP contribution in [0.4, 0.5) is 0 Å². The van der Waals surface area contributed by atoms with Gasteiger partial charge < -0.3 is 25.2 Å². The summed E-state index contributed by atoms with van der Waals surface area (Å²) in [5.74, 6) is 0. The Kier molecular flexibility index (Phi) is 4.20. The number of hydrogen-bond donors (Lipinski definition) is 4. The third-order valence-electron chi connectivity index (χ3n) is 1.33. The molecular formula is C6H12O5. The van der Waals surface area contributed by atoms with E-state index in [0.717, 1.165) is 0 Å². The minimum Gasteiger partial charge on any atom is -0.391 e. The Balaban J connectivity index is 4.00. The molecule has 0 radical (unpaired) electrons. The van der Waals surface area contributed by atoms with E-state index < -0.39 is 24.4 Å². The molecule has 0 aromatic heterocycles. The monoisotopic (exact) mass is 164 g/mol. The van der Waals surface area contributed by atoms with E-state index in [-0.39, 0.29) is 6.29 Å². The maximum atomic E-state index is 9.87. The van der Waals surface area contributed by atoms with Crippen molar-refractivity contribution in [2.45, 2.75) is 31.3 Å². The molecule has 0 fully saturated rings. The molecule has 5 heteroatoms. The van der Waals surface area contributed by atoms with E-state index in [1.54, 1.807) is 0 Å². The van der Waals surface area contributed by atoms with Gasteiger partial charge in [-0.15, -0.1) is 0 Å². The summed E-state index contributed by atoms with van der Waals surface area (Å²) >= 11 is 0. The molecule has 4 N–H and O–H groups in total. The SMILES string of the molecule is C[C@H](O)[C@H](O)[C@H](O)[C@@H](O)C=O. The average Bonchev–Trinajstić information content (AvgIpc) is 2.00. The van der Waals surface area contributed by atoms with E-state index in [1.807, 2.05) is 0 Å². The molecule has 0 aliphatic heterocycles. The van der Waals surface area contributed by atoms with Crippen molar-refractivity contribution in [3.05, 3.63) is 0 Å². The summed E-state index contributed by atoms with van der Waals surface area (Å²) < 4.78 is 0. The van der Waals surface area contributed by atoms with E-state index in [0.29, 0.717) is 0 Å². The molecule has 0 saturated carbocycles. The summed E-state index contributed by atoms with van der Waals surface area (Å²) in [7, 11) is 0. The summed E-state index contributed by atoms with van der Waals surface area (Å²) in [4.78, 5) is 9.87. The van der Waals surface area contributed by atoms with Gasteiger partial charge in [-0.3, -0.25) is 0 Å². The van der Waals surface area contributed by atoms with Crippen LogP contribution in [-0.2, 0) is 4.79 Å². The molecule has 0 aromatic rings. The molecule has 0 heterocycles. The summed E-state index contributed by atoms with van der Waals surface area (Å²) in [5.41, 5.74) is 0. The van der Waals surface area contributed by atoms with Crippen LogP contribution in [0, 0.1) is 0 Å². The van der Waals surface area contributed by atoms with Gasteiger partial charge in [-0.25, -0.2) is 0 Å². The van der Waals surface area contributed by atoms with E-state index >= 15 is 0 Å². The molecule has 0 bridgehead atoms. The number of carbonyl (C=O) groups is 1. The van der Waals surface area contributed by atoms with E-state index in [9.17, 15) is 4.79 Å². The predicted molar refractivity (Wildman–Crippen MR) is 35.8 cm³/mol. The zero-order chi connectivity index (χ0) is 9.02. The van der Waals surface area contributed by atoms with Gasteiger partial charge in [0.25, 0.3) is 0 Å². The lowest BCUT2D eigenvalue weighted by Crippen LogP contribution is -2.43. The molecule has 0 aromatic carbocycles. The van der Waals surface area contributed by atoms with Crippen molar-refractivity contribution in [2.24, 2.45) is 0 Å². The molecule has 0 aliphatic carbocycles. The summed E-state index contributed by atoms with van der Waals surface area (Å²) in [6, 6.07) is 0. The van der Waals surface area contributed by atoms with Crippen LogP contribution in [-0.4, -0.2) is 51.1 Å². The highest BCUT2D eigenvalue weighted by atomic mass is 16.4. The third kappa shape index (κ3) is 2.94. The van der Waals surface area contributed by atoms with Crippen LogP contribution in [0.5, 0.6) is 0 Å². The Morgan fingerprint density at radius 1 is 1.09 bits per heavy atom. The van der Waals surface area contributed by atoms with Crippen molar-refractivity contribution >= 4 is 6.29 Å². The largest absolute Gasteiger partial charge is 0.391 e. The van der Waals surface area contributed by atoms with Gasteiger partial charge in [0.1, 0.15) is 18.3 Å². The van der Waals surface area contributed by atoms with Crippen molar-refractivity contribution in [3.63, 3.8) is 0 Å². The van der Waals surface area contributed by atoms with Crippen LogP contribution >= 0.6 is 0 Å². The molecule has 0 rings (SSSR count). The molecule has 5 nitrogen and oxygen atoms in total. The first-order valence-electron chi connectivity index (χ1n) is 3.18. The summed E-state index contributed by atoms with van der Waals surface area (Å²) in [5, 5.41) is 35.1. The highest BCUT2D eigenvalue weighted by Crippen LogP contribution is 2.02. The molecule has 0 unspecified atom stereocenters. The maximum absolute atomic E-state index is 9.87. The van der Waals surface area contributed by atoms with Crippen LogP contribution in [0.15, 0.2) is 0 Å². The zero-order valence-electron chi connectivity index (χ0n) is 6.08. The van der Waals surface area contributed by atoms with Gasteiger partial charge in [0.15, 0.2) is 6.29 Å². The Hall–Kier alpha value is -0.490. The van der Waals surface area contributed by atoms with E-state index in [1.165, 1.54) is 6.92 Å². The topological polar surface area (TPSA) is 98.0 Å². The second-order valence-electron chi connectivity index (χ2n) is 2.35. The minimum absolute atomic E-state index is 0.0935. The fraction of sp³-hybridized carbons (Fsp3) is 0.833. The number of rotatable bonds is 4. The van der Waals surface area contributed by atoms with Crippen molar-refractivity contribution < 1.29 is 25.2 Å². The van der Waals surface area contributed by atoms with E-state index in [4.69, 9.17) is 20.4 Å². The van der Waals surface area contributed by atoms with Gasteiger partial charge >= 0.3 is 0 Å². The maximum Gasteiger partial charge on any atom is 0.151 e. The van der Waals surface area contributed by atoms with Gasteiger partial charge in [-0.2, -0.15) is 0 Å². The molecule has 0 aliphatic rings. The number of hydrogen-bond acceptors (Lipinski definition) is 5. The van der Waals surface area contributed by atoms with Crippen LogP contribution in [0.2, 0.25) is 0 Å². The fourth-order valence-corrected chi connectivity index (χ4v) is 0.568. The number of carbonyl (C=O) groups excluding carboxylic acids is 1. The smallest absolute Gasteiger partial charge is 0.151 e. The van der Waals surface area contributed by atoms with Crippen molar-refractivity contribution in [2.75, 3.05) is 0 Å². The normalized spacial score (nSPS) is 21.9. The number of aldehydes is 1. The van der Waals surface area contributed by atoms with Crippen LogP contribution < -0.4 is 0 Å². The first-order chi connectivity index (χ1) is 5.00. The highest BCUT2D eigenvalue weighted by Gasteiger charge is 2.27.